The molecule has 0 N–H and O–H groups in total. The summed E-state index contributed by atoms with van der Waals surface area (Å²) < 4.78 is 38.1. The number of carbonyl (C=O) groups is 1. The van der Waals surface area contributed by atoms with E-state index in [2.05, 4.69) is 0 Å². The van der Waals surface area contributed by atoms with E-state index in [0.717, 1.165) is 12.0 Å². The Labute approximate surface area is 140 Å². The molecule has 3 rings (SSSR count). The number of sulfone groups is 1. The van der Waals surface area contributed by atoms with Crippen molar-refractivity contribution in [2.24, 2.45) is 0 Å². The van der Waals surface area contributed by atoms with Crippen LogP contribution in [-0.4, -0.2) is 31.5 Å². The van der Waals surface area contributed by atoms with Crippen molar-refractivity contribution in [2.45, 2.75) is 18.7 Å². The normalized spacial score (nSPS) is 14.3. The standard InChI is InChI=1S/C18H18FNO3S/c19-17-8-4-3-7-16(17)12-24(22,23)13-18(21)20-10-9-14-5-1-2-6-15(14)11-20/h1-8H,9-13H2. The minimum absolute atomic E-state index is 0.0919. The second kappa shape index (κ2) is 6.73. The van der Waals surface area contributed by atoms with E-state index in [1.54, 1.807) is 11.0 Å². The molecule has 0 aromatic heterocycles. The maximum absolute atomic E-state index is 13.6. The van der Waals surface area contributed by atoms with Crippen LogP contribution in [0.15, 0.2) is 48.5 Å². The SMILES string of the molecule is O=C(CS(=O)(=O)Cc1ccccc1F)N1CCc2ccccc2C1. The van der Waals surface area contributed by atoms with Crippen molar-refractivity contribution < 1.29 is 17.6 Å². The van der Waals surface area contributed by atoms with Crippen molar-refractivity contribution in [3.63, 3.8) is 0 Å². The van der Waals surface area contributed by atoms with Crippen molar-refractivity contribution in [3.05, 3.63) is 71.0 Å². The number of benzene rings is 2. The molecule has 2 aromatic carbocycles. The third-order valence-electron chi connectivity index (χ3n) is 4.16. The molecule has 0 fully saturated rings. The summed E-state index contributed by atoms with van der Waals surface area (Å²) in [5, 5.41) is 0. The van der Waals surface area contributed by atoms with Gasteiger partial charge in [0.2, 0.25) is 5.91 Å². The van der Waals surface area contributed by atoms with Gasteiger partial charge in [-0.15, -0.1) is 0 Å². The van der Waals surface area contributed by atoms with Gasteiger partial charge < -0.3 is 4.90 Å². The Kier molecular flexibility index (Phi) is 4.66. The van der Waals surface area contributed by atoms with Gasteiger partial charge in [-0.05, 0) is 23.6 Å². The van der Waals surface area contributed by atoms with Crippen LogP contribution < -0.4 is 0 Å². The number of fused-ring (bicyclic) bond motifs is 1. The van der Waals surface area contributed by atoms with E-state index in [4.69, 9.17) is 0 Å². The Hall–Kier alpha value is -2.21. The third kappa shape index (κ3) is 3.82. The monoisotopic (exact) mass is 347 g/mol. The molecule has 0 radical (unpaired) electrons. The largest absolute Gasteiger partial charge is 0.337 e. The van der Waals surface area contributed by atoms with Crippen LogP contribution >= 0.6 is 0 Å². The first-order valence-corrected chi connectivity index (χ1v) is 9.55. The van der Waals surface area contributed by atoms with E-state index in [-0.39, 0.29) is 5.56 Å². The van der Waals surface area contributed by atoms with Crippen molar-refractivity contribution >= 4 is 15.7 Å². The lowest BCUT2D eigenvalue weighted by atomic mass is 10.00. The molecule has 0 unspecified atom stereocenters. The highest BCUT2D eigenvalue weighted by molar-refractivity contribution is 7.91. The summed E-state index contributed by atoms with van der Waals surface area (Å²) in [6.07, 6.45) is 0.718. The van der Waals surface area contributed by atoms with Crippen LogP contribution in [0, 0.1) is 5.82 Å². The highest BCUT2D eigenvalue weighted by atomic mass is 32.2. The molecule has 0 saturated carbocycles. The van der Waals surface area contributed by atoms with E-state index < -0.39 is 33.1 Å². The zero-order valence-corrected chi connectivity index (χ0v) is 13.9. The van der Waals surface area contributed by atoms with Gasteiger partial charge in [0, 0.05) is 18.7 Å². The van der Waals surface area contributed by atoms with Crippen LogP contribution in [0.1, 0.15) is 16.7 Å². The molecule has 1 aliphatic heterocycles. The fourth-order valence-electron chi connectivity index (χ4n) is 2.89. The molecule has 1 aliphatic rings. The topological polar surface area (TPSA) is 54.5 Å². The van der Waals surface area contributed by atoms with E-state index in [9.17, 15) is 17.6 Å². The molecule has 0 atom stereocenters. The van der Waals surface area contributed by atoms with E-state index in [1.807, 2.05) is 24.3 Å². The first-order chi connectivity index (χ1) is 11.4. The first-order valence-electron chi connectivity index (χ1n) is 7.73. The van der Waals surface area contributed by atoms with Crippen LogP contribution in [-0.2, 0) is 33.4 Å². The van der Waals surface area contributed by atoms with Gasteiger partial charge in [0.1, 0.15) is 11.6 Å². The van der Waals surface area contributed by atoms with Crippen LogP contribution in [0.3, 0.4) is 0 Å². The number of hydrogen-bond donors (Lipinski definition) is 0. The van der Waals surface area contributed by atoms with Crippen molar-refractivity contribution in [1.29, 1.82) is 0 Å². The highest BCUT2D eigenvalue weighted by Crippen LogP contribution is 2.19. The summed E-state index contributed by atoms with van der Waals surface area (Å²) in [5.41, 5.74) is 2.33. The smallest absolute Gasteiger partial charge is 0.238 e. The van der Waals surface area contributed by atoms with Gasteiger partial charge >= 0.3 is 0 Å². The lowest BCUT2D eigenvalue weighted by molar-refractivity contribution is -0.129. The number of nitrogens with zero attached hydrogens (tertiary/aromatic N) is 1. The fraction of sp³-hybridized carbons (Fsp3) is 0.278. The van der Waals surface area contributed by atoms with Gasteiger partial charge in [0.25, 0.3) is 0 Å². The Morgan fingerprint density at radius 2 is 1.71 bits per heavy atom. The summed E-state index contributed by atoms with van der Waals surface area (Å²) in [5.74, 6) is -2.06. The van der Waals surface area contributed by atoms with Crippen LogP contribution in [0.4, 0.5) is 4.39 Å². The molecule has 4 nitrogen and oxygen atoms in total. The van der Waals surface area contributed by atoms with Crippen molar-refractivity contribution in [3.8, 4) is 0 Å². The van der Waals surface area contributed by atoms with Gasteiger partial charge in [-0.2, -0.15) is 0 Å². The number of halogens is 1. The van der Waals surface area contributed by atoms with Gasteiger partial charge in [0.15, 0.2) is 9.84 Å². The van der Waals surface area contributed by atoms with Gasteiger partial charge in [0.05, 0.1) is 5.75 Å². The van der Waals surface area contributed by atoms with Crippen molar-refractivity contribution in [1.82, 2.24) is 4.90 Å². The van der Waals surface area contributed by atoms with Gasteiger partial charge in [-0.3, -0.25) is 4.79 Å². The molecule has 1 amide bonds. The molecular weight excluding hydrogens is 329 g/mol. The molecule has 0 aliphatic carbocycles. The van der Waals surface area contributed by atoms with E-state index in [0.29, 0.717) is 13.1 Å². The average Bonchev–Trinajstić information content (AvgIpc) is 2.56. The fourth-order valence-corrected chi connectivity index (χ4v) is 4.26. The van der Waals surface area contributed by atoms with Crippen molar-refractivity contribution in [2.75, 3.05) is 12.3 Å². The van der Waals surface area contributed by atoms with Gasteiger partial charge in [-0.1, -0.05) is 42.5 Å². The first kappa shape index (κ1) is 16.6. The average molecular weight is 347 g/mol. The molecule has 2 aromatic rings. The quantitative estimate of drug-likeness (QED) is 0.853. The Bertz CT molecular complexity index is 864. The molecular formula is C18H18FNO3S. The second-order valence-corrected chi connectivity index (χ2v) is 8.02. The molecule has 6 heteroatoms. The predicted molar refractivity (Wildman–Crippen MR) is 89.5 cm³/mol. The summed E-state index contributed by atoms with van der Waals surface area (Å²) in [4.78, 5) is 13.9. The molecule has 126 valence electrons. The Balaban J connectivity index is 1.67. The number of amides is 1. The lowest BCUT2D eigenvalue weighted by Crippen LogP contribution is -2.39. The number of carbonyl (C=O) groups excluding carboxylic acids is 1. The third-order valence-corrected chi connectivity index (χ3v) is 5.60. The molecule has 0 saturated heterocycles. The number of rotatable bonds is 4. The van der Waals surface area contributed by atoms with E-state index >= 15 is 0 Å². The molecule has 0 bridgehead atoms. The Morgan fingerprint density at radius 3 is 2.46 bits per heavy atom. The van der Waals surface area contributed by atoms with Crippen LogP contribution in [0.2, 0.25) is 0 Å². The molecule has 1 heterocycles. The second-order valence-electron chi connectivity index (χ2n) is 5.96. The minimum Gasteiger partial charge on any atom is -0.337 e. The summed E-state index contributed by atoms with van der Waals surface area (Å²) in [6, 6.07) is 13.5. The number of hydrogen-bond acceptors (Lipinski definition) is 3. The lowest BCUT2D eigenvalue weighted by Gasteiger charge is -2.28. The highest BCUT2D eigenvalue weighted by Gasteiger charge is 2.25. The zero-order valence-electron chi connectivity index (χ0n) is 13.1. The summed E-state index contributed by atoms with van der Waals surface area (Å²) >= 11 is 0. The van der Waals surface area contributed by atoms with E-state index in [1.165, 1.54) is 23.8 Å². The zero-order chi connectivity index (χ0) is 17.2. The maximum atomic E-state index is 13.6. The molecule has 24 heavy (non-hydrogen) atoms. The Morgan fingerprint density at radius 1 is 1.04 bits per heavy atom. The predicted octanol–water partition coefficient (Wildman–Crippen LogP) is 2.33. The molecule has 0 spiro atoms. The minimum atomic E-state index is -3.71. The maximum Gasteiger partial charge on any atom is 0.238 e. The van der Waals surface area contributed by atoms with Crippen LogP contribution in [0.5, 0.6) is 0 Å². The summed E-state index contributed by atoms with van der Waals surface area (Å²) in [6.45, 7) is 0.926. The van der Waals surface area contributed by atoms with Crippen LogP contribution in [0.25, 0.3) is 0 Å². The van der Waals surface area contributed by atoms with Gasteiger partial charge in [-0.25, -0.2) is 12.8 Å². The summed E-state index contributed by atoms with van der Waals surface area (Å²) in [7, 11) is -3.71.